The van der Waals surface area contributed by atoms with Crippen LogP contribution in [-0.4, -0.2) is 22.4 Å². The first-order valence-electron chi connectivity index (χ1n) is 7.68. The van der Waals surface area contributed by atoms with E-state index < -0.39 is 0 Å². The fourth-order valence-corrected chi connectivity index (χ4v) is 4.16. The van der Waals surface area contributed by atoms with Gasteiger partial charge in [-0.2, -0.15) is 0 Å². The van der Waals surface area contributed by atoms with Gasteiger partial charge in [0.1, 0.15) is 6.17 Å². The summed E-state index contributed by atoms with van der Waals surface area (Å²) in [5.41, 5.74) is -0.0404. The third kappa shape index (κ3) is 2.29. The molecule has 1 aliphatic carbocycles. The molecule has 2 unspecified atom stereocenters. The van der Waals surface area contributed by atoms with Crippen molar-refractivity contribution in [2.75, 3.05) is 0 Å². The number of amides is 1. The monoisotopic (exact) mass is 292 g/mol. The average molecular weight is 292 g/mol. The number of nitrogens with one attached hydrogen (secondary N) is 1. The Morgan fingerprint density at radius 3 is 2.75 bits per heavy atom. The van der Waals surface area contributed by atoms with Crippen molar-refractivity contribution < 1.29 is 4.79 Å². The van der Waals surface area contributed by atoms with Gasteiger partial charge in [-0.15, -0.1) is 11.3 Å². The van der Waals surface area contributed by atoms with E-state index in [1.54, 1.807) is 11.3 Å². The molecule has 0 aromatic carbocycles. The van der Waals surface area contributed by atoms with E-state index in [1.807, 2.05) is 0 Å². The van der Waals surface area contributed by atoms with Crippen molar-refractivity contribution in [3.63, 3.8) is 0 Å². The van der Waals surface area contributed by atoms with Crippen LogP contribution in [0, 0.1) is 5.92 Å². The van der Waals surface area contributed by atoms with Crippen LogP contribution in [-0.2, 0) is 4.79 Å². The molecule has 0 radical (unpaired) electrons. The summed E-state index contributed by atoms with van der Waals surface area (Å²) in [4.78, 5) is 16.2. The van der Waals surface area contributed by atoms with Crippen LogP contribution in [0.4, 0.5) is 0 Å². The summed E-state index contributed by atoms with van der Waals surface area (Å²) in [6.45, 7) is 6.61. The van der Waals surface area contributed by atoms with Crippen LogP contribution in [0.3, 0.4) is 0 Å². The Hall–Kier alpha value is -0.870. The molecule has 1 amide bonds. The molecule has 2 fully saturated rings. The lowest BCUT2D eigenvalue weighted by atomic mass is 9.95. The van der Waals surface area contributed by atoms with E-state index >= 15 is 0 Å². The first-order valence-corrected chi connectivity index (χ1v) is 8.56. The quantitative estimate of drug-likeness (QED) is 0.900. The standard InChI is InChI=1S/C16H24N2OS/c1-4-6-12-15(19)18(16(2,3)11-8-9-11)14(17-12)13-7-5-10-20-13/h5,7,10-12,14,17H,4,6,8-9H2,1-3H3. The Labute approximate surface area is 125 Å². The molecule has 2 atom stereocenters. The lowest BCUT2D eigenvalue weighted by Gasteiger charge is -2.39. The first-order chi connectivity index (χ1) is 9.55. The van der Waals surface area contributed by atoms with Crippen molar-refractivity contribution in [3.8, 4) is 0 Å². The van der Waals surface area contributed by atoms with E-state index in [1.165, 1.54) is 17.7 Å². The number of carbonyl (C=O) groups is 1. The van der Waals surface area contributed by atoms with Crippen molar-refractivity contribution in [3.05, 3.63) is 22.4 Å². The summed E-state index contributed by atoms with van der Waals surface area (Å²) < 4.78 is 0. The number of rotatable bonds is 5. The topological polar surface area (TPSA) is 32.3 Å². The first kappa shape index (κ1) is 14.1. The van der Waals surface area contributed by atoms with Gasteiger partial charge in [0, 0.05) is 10.4 Å². The van der Waals surface area contributed by atoms with Crippen molar-refractivity contribution >= 4 is 17.2 Å². The van der Waals surface area contributed by atoms with Gasteiger partial charge < -0.3 is 4.90 Å². The second-order valence-corrected chi connectivity index (χ2v) is 7.54. The van der Waals surface area contributed by atoms with Crippen LogP contribution in [0.15, 0.2) is 17.5 Å². The van der Waals surface area contributed by atoms with Gasteiger partial charge in [0.2, 0.25) is 5.91 Å². The maximum absolute atomic E-state index is 12.8. The van der Waals surface area contributed by atoms with Crippen LogP contribution >= 0.6 is 11.3 Å². The van der Waals surface area contributed by atoms with Crippen LogP contribution < -0.4 is 5.32 Å². The highest BCUT2D eigenvalue weighted by Gasteiger charge is 2.52. The van der Waals surface area contributed by atoms with Gasteiger partial charge in [-0.1, -0.05) is 19.4 Å². The maximum atomic E-state index is 12.8. The summed E-state index contributed by atoms with van der Waals surface area (Å²) in [6.07, 6.45) is 4.55. The Balaban J connectivity index is 1.91. The molecule has 110 valence electrons. The fraction of sp³-hybridized carbons (Fsp3) is 0.688. The highest BCUT2D eigenvalue weighted by atomic mass is 32.1. The second-order valence-electron chi connectivity index (χ2n) is 6.56. The van der Waals surface area contributed by atoms with Gasteiger partial charge in [-0.05, 0) is 50.5 Å². The molecule has 2 aliphatic rings. The zero-order valence-electron chi connectivity index (χ0n) is 12.6. The lowest BCUT2D eigenvalue weighted by molar-refractivity contribution is -0.136. The lowest BCUT2D eigenvalue weighted by Crippen LogP contribution is -2.49. The molecule has 1 aromatic heterocycles. The Bertz CT molecular complexity index is 479. The number of thiophene rings is 1. The number of hydrogen-bond acceptors (Lipinski definition) is 3. The van der Waals surface area contributed by atoms with Gasteiger partial charge >= 0.3 is 0 Å². The van der Waals surface area contributed by atoms with Crippen molar-refractivity contribution in [2.45, 2.75) is 64.2 Å². The van der Waals surface area contributed by atoms with Crippen LogP contribution in [0.25, 0.3) is 0 Å². The number of nitrogens with zero attached hydrogens (tertiary/aromatic N) is 1. The van der Waals surface area contributed by atoms with Crippen LogP contribution in [0.1, 0.15) is 57.5 Å². The molecule has 1 saturated heterocycles. The number of hydrogen-bond donors (Lipinski definition) is 1. The maximum Gasteiger partial charge on any atom is 0.241 e. The third-order valence-electron chi connectivity index (χ3n) is 4.74. The van der Waals surface area contributed by atoms with E-state index in [-0.39, 0.29) is 17.7 Å². The molecule has 0 spiro atoms. The molecule has 0 bridgehead atoms. The van der Waals surface area contributed by atoms with Gasteiger partial charge in [-0.3, -0.25) is 10.1 Å². The molecule has 20 heavy (non-hydrogen) atoms. The third-order valence-corrected chi connectivity index (χ3v) is 5.66. The Morgan fingerprint density at radius 2 is 2.20 bits per heavy atom. The van der Waals surface area contributed by atoms with E-state index in [9.17, 15) is 4.79 Å². The molecule has 1 N–H and O–H groups in total. The van der Waals surface area contributed by atoms with Crippen LogP contribution in [0.5, 0.6) is 0 Å². The zero-order valence-corrected chi connectivity index (χ0v) is 13.4. The second kappa shape index (κ2) is 5.15. The molecule has 1 saturated carbocycles. The largest absolute Gasteiger partial charge is 0.315 e. The van der Waals surface area contributed by atoms with Crippen molar-refractivity contribution in [2.24, 2.45) is 5.92 Å². The fourth-order valence-electron chi connectivity index (χ4n) is 3.39. The molecule has 3 rings (SSSR count). The van der Waals surface area contributed by atoms with Crippen molar-refractivity contribution in [1.82, 2.24) is 10.2 Å². The van der Waals surface area contributed by atoms with Gasteiger partial charge in [0.15, 0.2) is 0 Å². The summed E-state index contributed by atoms with van der Waals surface area (Å²) >= 11 is 1.74. The van der Waals surface area contributed by atoms with Gasteiger partial charge in [0.05, 0.1) is 6.04 Å². The van der Waals surface area contributed by atoms with Gasteiger partial charge in [0.25, 0.3) is 0 Å². The summed E-state index contributed by atoms with van der Waals surface area (Å²) in [5.74, 6) is 0.957. The minimum atomic E-state index is -0.0404. The van der Waals surface area contributed by atoms with Crippen LogP contribution in [0.2, 0.25) is 0 Å². The molecule has 1 aliphatic heterocycles. The van der Waals surface area contributed by atoms with E-state index in [0.717, 1.165) is 12.8 Å². The normalized spacial score (nSPS) is 27.4. The summed E-state index contributed by atoms with van der Waals surface area (Å²) in [7, 11) is 0. The minimum Gasteiger partial charge on any atom is -0.315 e. The molecule has 3 nitrogen and oxygen atoms in total. The summed E-state index contributed by atoms with van der Waals surface area (Å²) in [5, 5.41) is 5.66. The van der Waals surface area contributed by atoms with E-state index in [4.69, 9.17) is 0 Å². The predicted molar refractivity (Wildman–Crippen MR) is 82.5 cm³/mol. The van der Waals surface area contributed by atoms with Crippen molar-refractivity contribution in [1.29, 1.82) is 0 Å². The summed E-state index contributed by atoms with van der Waals surface area (Å²) in [6, 6.07) is 4.20. The Kier molecular flexibility index (Phi) is 3.63. The molecule has 2 heterocycles. The predicted octanol–water partition coefficient (Wildman–Crippen LogP) is 3.54. The average Bonchev–Trinajstić information content (AvgIpc) is 3.04. The van der Waals surface area contributed by atoms with E-state index in [2.05, 4.69) is 48.5 Å². The minimum absolute atomic E-state index is 0.00914. The van der Waals surface area contributed by atoms with Gasteiger partial charge in [-0.25, -0.2) is 0 Å². The molecule has 1 aromatic rings. The molecular weight excluding hydrogens is 268 g/mol. The highest BCUT2D eigenvalue weighted by Crippen LogP contribution is 2.47. The molecular formula is C16H24N2OS. The smallest absolute Gasteiger partial charge is 0.241 e. The highest BCUT2D eigenvalue weighted by molar-refractivity contribution is 7.10. The number of carbonyl (C=O) groups excluding carboxylic acids is 1. The molecule has 4 heteroatoms. The Morgan fingerprint density at radius 1 is 1.45 bits per heavy atom. The zero-order chi connectivity index (χ0) is 14.3. The SMILES string of the molecule is CCCC1NC(c2cccs2)N(C(C)(C)C2CC2)C1=O. The van der Waals surface area contributed by atoms with E-state index in [0.29, 0.717) is 11.8 Å².